The van der Waals surface area contributed by atoms with Crippen LogP contribution in [-0.4, -0.2) is 21.5 Å². The van der Waals surface area contributed by atoms with E-state index in [1.165, 1.54) is 0 Å². The average Bonchev–Trinajstić information content (AvgIpc) is 2.71. The number of aromatic nitrogens is 2. The highest BCUT2D eigenvalue weighted by molar-refractivity contribution is 5.97. The van der Waals surface area contributed by atoms with Gasteiger partial charge < -0.3 is 9.30 Å². The van der Waals surface area contributed by atoms with E-state index in [0.29, 0.717) is 0 Å². The van der Waals surface area contributed by atoms with E-state index >= 15 is 0 Å². The quantitative estimate of drug-likeness (QED) is 0.507. The minimum absolute atomic E-state index is 0.129. The molecule has 1 aliphatic heterocycles. The van der Waals surface area contributed by atoms with Crippen molar-refractivity contribution < 1.29 is 14.3 Å². The highest BCUT2D eigenvalue weighted by atomic mass is 16.6. The fraction of sp³-hybridized carbons (Fsp3) is 0.444. The van der Waals surface area contributed by atoms with Crippen molar-refractivity contribution in [3.8, 4) is 0 Å². The fourth-order valence-electron chi connectivity index (χ4n) is 1.59. The first kappa shape index (κ1) is 8.93. The van der Waals surface area contributed by atoms with Crippen LogP contribution in [0.5, 0.6) is 0 Å². The van der Waals surface area contributed by atoms with Gasteiger partial charge in [-0.3, -0.25) is 9.59 Å². The molecule has 1 aromatic heterocycles. The molecule has 2 heterocycles. The lowest BCUT2D eigenvalue weighted by Crippen LogP contribution is -2.10. The van der Waals surface area contributed by atoms with Gasteiger partial charge in [-0.1, -0.05) is 0 Å². The molecule has 1 fully saturated rings. The van der Waals surface area contributed by atoms with Crippen molar-refractivity contribution >= 4 is 11.9 Å². The predicted octanol–water partition coefficient (Wildman–Crippen LogP) is 0.460. The Kier molecular flexibility index (Phi) is 2.07. The number of ether oxygens (including phenoxy) is 1. The van der Waals surface area contributed by atoms with Gasteiger partial charge in [0.15, 0.2) is 0 Å². The molecule has 0 radical (unpaired) electrons. The van der Waals surface area contributed by atoms with Gasteiger partial charge in [-0.15, -0.1) is 0 Å². The third kappa shape index (κ3) is 1.30. The van der Waals surface area contributed by atoms with Crippen molar-refractivity contribution in [2.75, 3.05) is 0 Å². The normalized spacial score (nSPS) is 21.4. The molecule has 0 amide bonds. The third-order valence-electron chi connectivity index (χ3n) is 2.31. The van der Waals surface area contributed by atoms with Crippen molar-refractivity contribution in [2.45, 2.75) is 25.8 Å². The minimum atomic E-state index is -0.468. The summed E-state index contributed by atoms with van der Waals surface area (Å²) in [5.41, 5.74) is 0.753. The van der Waals surface area contributed by atoms with Crippen LogP contribution in [0.4, 0.5) is 0 Å². The molecule has 0 spiro atoms. The van der Waals surface area contributed by atoms with Crippen LogP contribution in [0.25, 0.3) is 0 Å². The van der Waals surface area contributed by atoms with Crippen LogP contribution in [-0.2, 0) is 20.9 Å². The standard InChI is InChI=1S/C9H10N2O3/c1-2-11-5-10-4-7(11)6-3-8(12)14-9(6)13/h4-6H,2-3H2,1H3. The number of carbonyl (C=O) groups is 2. The van der Waals surface area contributed by atoms with E-state index in [9.17, 15) is 9.59 Å². The van der Waals surface area contributed by atoms with E-state index in [0.717, 1.165) is 12.2 Å². The van der Waals surface area contributed by atoms with Crippen molar-refractivity contribution in [2.24, 2.45) is 0 Å². The number of hydrogen-bond donors (Lipinski definition) is 0. The van der Waals surface area contributed by atoms with E-state index < -0.39 is 17.9 Å². The Morgan fingerprint density at radius 2 is 2.43 bits per heavy atom. The second kappa shape index (κ2) is 3.25. The highest BCUT2D eigenvalue weighted by Crippen LogP contribution is 2.26. The zero-order valence-corrected chi connectivity index (χ0v) is 7.77. The topological polar surface area (TPSA) is 61.2 Å². The lowest BCUT2D eigenvalue weighted by molar-refractivity contribution is -0.152. The Balaban J connectivity index is 2.31. The number of esters is 2. The number of hydrogen-bond acceptors (Lipinski definition) is 4. The molecule has 5 heteroatoms. The van der Waals surface area contributed by atoms with Crippen molar-refractivity contribution in [3.63, 3.8) is 0 Å². The molecule has 0 saturated carbocycles. The van der Waals surface area contributed by atoms with Gasteiger partial charge in [0.2, 0.25) is 0 Å². The van der Waals surface area contributed by atoms with Crippen LogP contribution in [0.1, 0.15) is 25.0 Å². The Morgan fingerprint density at radius 3 is 3.00 bits per heavy atom. The van der Waals surface area contributed by atoms with E-state index in [-0.39, 0.29) is 6.42 Å². The highest BCUT2D eigenvalue weighted by Gasteiger charge is 2.36. The van der Waals surface area contributed by atoms with Crippen LogP contribution in [0.15, 0.2) is 12.5 Å². The molecule has 74 valence electrons. The second-order valence-corrected chi connectivity index (χ2v) is 3.15. The molecular weight excluding hydrogens is 184 g/mol. The van der Waals surface area contributed by atoms with Gasteiger partial charge in [-0.25, -0.2) is 4.98 Å². The summed E-state index contributed by atoms with van der Waals surface area (Å²) >= 11 is 0. The van der Waals surface area contributed by atoms with E-state index in [1.807, 2.05) is 11.5 Å². The van der Waals surface area contributed by atoms with Crippen LogP contribution >= 0.6 is 0 Å². The van der Waals surface area contributed by atoms with Gasteiger partial charge in [-0.2, -0.15) is 0 Å². The zero-order chi connectivity index (χ0) is 10.1. The smallest absolute Gasteiger partial charge is 0.323 e. The molecule has 1 aromatic rings. The molecule has 1 atom stereocenters. The van der Waals surface area contributed by atoms with Crippen molar-refractivity contribution in [1.29, 1.82) is 0 Å². The molecule has 0 bridgehead atoms. The second-order valence-electron chi connectivity index (χ2n) is 3.15. The Bertz CT molecular complexity index is 383. The molecule has 5 nitrogen and oxygen atoms in total. The lowest BCUT2D eigenvalue weighted by atomic mass is 10.0. The summed E-state index contributed by atoms with van der Waals surface area (Å²) in [5.74, 6) is -1.39. The van der Waals surface area contributed by atoms with Crippen LogP contribution < -0.4 is 0 Å². The SMILES string of the molecule is CCn1cncc1C1CC(=O)OC1=O. The molecule has 1 saturated heterocycles. The number of imidazole rings is 1. The van der Waals surface area contributed by atoms with Crippen molar-refractivity contribution in [3.05, 3.63) is 18.2 Å². The maximum atomic E-state index is 11.3. The molecular formula is C9H10N2O3. The lowest BCUT2D eigenvalue weighted by Gasteiger charge is -2.06. The molecule has 0 aromatic carbocycles. The van der Waals surface area contributed by atoms with Gasteiger partial charge in [0, 0.05) is 12.7 Å². The number of aryl methyl sites for hydroxylation is 1. The number of rotatable bonds is 2. The first-order valence-corrected chi connectivity index (χ1v) is 4.47. The largest absolute Gasteiger partial charge is 0.393 e. The van der Waals surface area contributed by atoms with Gasteiger partial charge in [0.05, 0.1) is 18.4 Å². The van der Waals surface area contributed by atoms with E-state index in [2.05, 4.69) is 9.72 Å². The van der Waals surface area contributed by atoms with Gasteiger partial charge in [0.25, 0.3) is 0 Å². The number of carbonyl (C=O) groups excluding carboxylic acids is 2. The Labute approximate surface area is 80.7 Å². The Morgan fingerprint density at radius 1 is 1.64 bits per heavy atom. The first-order valence-electron chi connectivity index (χ1n) is 4.47. The van der Waals surface area contributed by atoms with E-state index in [1.54, 1.807) is 12.5 Å². The summed E-state index contributed by atoms with van der Waals surface area (Å²) in [6.07, 6.45) is 3.38. The fourth-order valence-corrected chi connectivity index (χ4v) is 1.59. The van der Waals surface area contributed by atoms with Crippen LogP contribution in [0.2, 0.25) is 0 Å². The number of nitrogens with zero attached hydrogens (tertiary/aromatic N) is 2. The molecule has 1 aliphatic rings. The number of cyclic esters (lactones) is 2. The average molecular weight is 194 g/mol. The summed E-state index contributed by atoms with van der Waals surface area (Å²) in [6.45, 7) is 2.68. The van der Waals surface area contributed by atoms with Gasteiger partial charge in [-0.05, 0) is 6.92 Å². The molecule has 0 aliphatic carbocycles. The summed E-state index contributed by atoms with van der Waals surface area (Å²) in [6, 6.07) is 0. The minimum Gasteiger partial charge on any atom is -0.393 e. The summed E-state index contributed by atoms with van der Waals surface area (Å²) in [7, 11) is 0. The summed E-state index contributed by atoms with van der Waals surface area (Å²) < 4.78 is 6.32. The maximum Gasteiger partial charge on any atom is 0.323 e. The predicted molar refractivity (Wildman–Crippen MR) is 46.4 cm³/mol. The first-order chi connectivity index (χ1) is 6.72. The summed E-state index contributed by atoms with van der Waals surface area (Å²) in [4.78, 5) is 26.1. The molecule has 2 rings (SSSR count). The van der Waals surface area contributed by atoms with Crippen LogP contribution in [0.3, 0.4) is 0 Å². The van der Waals surface area contributed by atoms with Gasteiger partial charge in [0.1, 0.15) is 5.92 Å². The van der Waals surface area contributed by atoms with E-state index in [4.69, 9.17) is 0 Å². The molecule has 14 heavy (non-hydrogen) atoms. The van der Waals surface area contributed by atoms with Crippen LogP contribution in [0, 0.1) is 0 Å². The molecule has 0 N–H and O–H groups in total. The third-order valence-corrected chi connectivity index (χ3v) is 2.31. The summed E-state index contributed by atoms with van der Waals surface area (Å²) in [5, 5.41) is 0. The molecule has 1 unspecified atom stereocenters. The van der Waals surface area contributed by atoms with Crippen molar-refractivity contribution in [1.82, 2.24) is 9.55 Å². The monoisotopic (exact) mass is 194 g/mol. The zero-order valence-electron chi connectivity index (χ0n) is 7.77. The van der Waals surface area contributed by atoms with Gasteiger partial charge >= 0.3 is 11.9 Å². The Hall–Kier alpha value is -1.65. The maximum absolute atomic E-state index is 11.3.